The zero-order chi connectivity index (χ0) is 17.6. The topological polar surface area (TPSA) is 70.6 Å². The van der Waals surface area contributed by atoms with Gasteiger partial charge in [-0.05, 0) is 44.6 Å². The number of hydrogen-bond acceptors (Lipinski definition) is 6. The van der Waals surface area contributed by atoms with Crippen LogP contribution < -0.4 is 10.2 Å². The lowest BCUT2D eigenvalue weighted by Gasteiger charge is -2.32. The van der Waals surface area contributed by atoms with Crippen LogP contribution in [0.15, 0.2) is 12.3 Å². The first kappa shape index (κ1) is 17.8. The maximum absolute atomic E-state index is 11.8. The van der Waals surface area contributed by atoms with Crippen molar-refractivity contribution in [1.29, 1.82) is 0 Å². The highest BCUT2D eigenvalue weighted by Gasteiger charge is 2.24. The van der Waals surface area contributed by atoms with E-state index < -0.39 is 0 Å². The molecule has 1 amide bonds. The maximum Gasteiger partial charge on any atom is 0.409 e. The van der Waals surface area contributed by atoms with Crippen molar-refractivity contribution in [2.24, 2.45) is 5.92 Å². The molecule has 0 aromatic carbocycles. The van der Waals surface area contributed by atoms with Crippen molar-refractivity contribution in [2.75, 3.05) is 43.0 Å². The minimum Gasteiger partial charge on any atom is -0.450 e. The minimum atomic E-state index is -0.204. The number of carbonyl (C=O) groups is 1. The van der Waals surface area contributed by atoms with Gasteiger partial charge in [-0.15, -0.1) is 0 Å². The highest BCUT2D eigenvalue weighted by molar-refractivity contribution is 5.67. The van der Waals surface area contributed by atoms with Crippen molar-refractivity contribution in [3.05, 3.63) is 12.3 Å². The van der Waals surface area contributed by atoms with Gasteiger partial charge in [0.25, 0.3) is 0 Å². The van der Waals surface area contributed by atoms with Crippen LogP contribution in [0.5, 0.6) is 0 Å². The molecule has 25 heavy (non-hydrogen) atoms. The fraction of sp³-hybridized carbons (Fsp3) is 0.722. The predicted molar refractivity (Wildman–Crippen MR) is 97.9 cm³/mol. The fourth-order valence-corrected chi connectivity index (χ4v) is 3.42. The lowest BCUT2D eigenvalue weighted by atomic mass is 10.00. The fourth-order valence-electron chi connectivity index (χ4n) is 3.42. The van der Waals surface area contributed by atoms with Gasteiger partial charge in [0, 0.05) is 38.4 Å². The SMILES string of the molecule is CCOC(=O)N1CCC(Nc2ccnc(N3CCC(C)CC3)n2)CC1. The standard InChI is InChI=1S/C18H29N5O2/c1-3-25-18(24)23-12-7-15(8-13-23)20-16-4-9-19-17(21-16)22-10-5-14(2)6-11-22/h4,9,14-15H,3,5-8,10-13H2,1-2H3,(H,19,20,21). The van der Waals surface area contributed by atoms with Gasteiger partial charge in [0.05, 0.1) is 6.61 Å². The number of aromatic nitrogens is 2. The largest absolute Gasteiger partial charge is 0.450 e. The molecular weight excluding hydrogens is 318 g/mol. The number of anilines is 2. The Morgan fingerprint density at radius 3 is 2.64 bits per heavy atom. The monoisotopic (exact) mass is 347 g/mol. The molecular formula is C18H29N5O2. The molecule has 0 aliphatic carbocycles. The summed E-state index contributed by atoms with van der Waals surface area (Å²) in [6.07, 6.45) is 5.83. The van der Waals surface area contributed by atoms with Crippen molar-refractivity contribution in [3.63, 3.8) is 0 Å². The molecule has 2 aliphatic rings. The van der Waals surface area contributed by atoms with Gasteiger partial charge in [0.15, 0.2) is 0 Å². The number of nitrogens with one attached hydrogen (secondary N) is 1. The van der Waals surface area contributed by atoms with E-state index in [4.69, 9.17) is 9.72 Å². The third-order valence-corrected chi connectivity index (χ3v) is 5.08. The summed E-state index contributed by atoms with van der Waals surface area (Å²) in [6.45, 7) is 8.07. The summed E-state index contributed by atoms with van der Waals surface area (Å²) in [7, 11) is 0. The molecule has 0 unspecified atom stereocenters. The second-order valence-corrected chi connectivity index (χ2v) is 7.02. The molecule has 3 rings (SSSR count). The highest BCUT2D eigenvalue weighted by atomic mass is 16.6. The summed E-state index contributed by atoms with van der Waals surface area (Å²) in [5.74, 6) is 2.49. The Kier molecular flexibility index (Phi) is 5.94. The van der Waals surface area contributed by atoms with Crippen LogP contribution in [-0.2, 0) is 4.74 Å². The molecule has 1 aromatic heterocycles. The second kappa shape index (κ2) is 8.36. The Balaban J connectivity index is 1.52. The molecule has 0 atom stereocenters. The van der Waals surface area contributed by atoms with E-state index in [1.165, 1.54) is 12.8 Å². The highest BCUT2D eigenvalue weighted by Crippen LogP contribution is 2.22. The molecule has 0 spiro atoms. The average Bonchev–Trinajstić information content (AvgIpc) is 2.63. The zero-order valence-electron chi connectivity index (χ0n) is 15.3. The molecule has 0 saturated carbocycles. The summed E-state index contributed by atoms with van der Waals surface area (Å²) in [6, 6.07) is 2.25. The van der Waals surface area contributed by atoms with Crippen LogP contribution in [0.4, 0.5) is 16.6 Å². The number of hydrogen-bond donors (Lipinski definition) is 1. The quantitative estimate of drug-likeness (QED) is 0.903. The number of rotatable bonds is 4. The maximum atomic E-state index is 11.8. The number of nitrogens with zero attached hydrogens (tertiary/aromatic N) is 4. The van der Waals surface area contributed by atoms with Gasteiger partial charge in [0.2, 0.25) is 5.95 Å². The van der Waals surface area contributed by atoms with Crippen molar-refractivity contribution in [3.8, 4) is 0 Å². The van der Waals surface area contributed by atoms with Gasteiger partial charge in [0.1, 0.15) is 5.82 Å². The number of likely N-dealkylation sites (tertiary alicyclic amines) is 1. The Hall–Kier alpha value is -2.05. The Labute approximate surface area is 149 Å². The van der Waals surface area contributed by atoms with Crippen LogP contribution in [0.1, 0.15) is 39.5 Å². The first-order valence-electron chi connectivity index (χ1n) is 9.42. The molecule has 0 radical (unpaired) electrons. The molecule has 2 aliphatic heterocycles. The number of amides is 1. The van der Waals surface area contributed by atoms with Crippen molar-refractivity contribution < 1.29 is 9.53 Å². The smallest absolute Gasteiger partial charge is 0.409 e. The van der Waals surface area contributed by atoms with Crippen LogP contribution >= 0.6 is 0 Å². The number of carbonyl (C=O) groups excluding carboxylic acids is 1. The molecule has 2 fully saturated rings. The number of piperidine rings is 2. The minimum absolute atomic E-state index is 0.204. The van der Waals surface area contributed by atoms with Crippen LogP contribution in [-0.4, -0.2) is 59.8 Å². The first-order valence-corrected chi connectivity index (χ1v) is 9.42. The summed E-state index contributed by atoms with van der Waals surface area (Å²) in [4.78, 5) is 25.0. The van der Waals surface area contributed by atoms with E-state index >= 15 is 0 Å². The normalized spacial score (nSPS) is 19.8. The summed E-state index contributed by atoms with van der Waals surface area (Å²) in [5.41, 5.74) is 0. The predicted octanol–water partition coefficient (Wildman–Crippen LogP) is 2.75. The summed E-state index contributed by atoms with van der Waals surface area (Å²) >= 11 is 0. The second-order valence-electron chi connectivity index (χ2n) is 7.02. The molecule has 7 nitrogen and oxygen atoms in total. The van der Waals surface area contributed by atoms with Crippen LogP contribution in [0.3, 0.4) is 0 Å². The van der Waals surface area contributed by atoms with Gasteiger partial charge in [-0.1, -0.05) is 6.92 Å². The molecule has 0 bridgehead atoms. The van der Waals surface area contributed by atoms with Crippen molar-refractivity contribution in [2.45, 2.75) is 45.6 Å². The molecule has 138 valence electrons. The summed E-state index contributed by atoms with van der Waals surface area (Å²) < 4.78 is 5.07. The third-order valence-electron chi connectivity index (χ3n) is 5.08. The van der Waals surface area contributed by atoms with Crippen molar-refractivity contribution >= 4 is 17.9 Å². The zero-order valence-corrected chi connectivity index (χ0v) is 15.3. The van der Waals surface area contributed by atoms with E-state index in [2.05, 4.69) is 22.1 Å². The van der Waals surface area contributed by atoms with Gasteiger partial charge >= 0.3 is 6.09 Å². The van der Waals surface area contributed by atoms with E-state index in [9.17, 15) is 4.79 Å². The molecule has 1 N–H and O–H groups in total. The van der Waals surface area contributed by atoms with E-state index in [0.29, 0.717) is 12.6 Å². The van der Waals surface area contributed by atoms with Gasteiger partial charge in [-0.25, -0.2) is 9.78 Å². The molecule has 7 heteroatoms. The van der Waals surface area contributed by atoms with Crippen LogP contribution in [0, 0.1) is 5.92 Å². The molecule has 3 heterocycles. The lowest BCUT2D eigenvalue weighted by molar-refractivity contribution is 0.0983. The van der Waals surface area contributed by atoms with Gasteiger partial charge in [-0.3, -0.25) is 0 Å². The van der Waals surface area contributed by atoms with Crippen LogP contribution in [0.2, 0.25) is 0 Å². The van der Waals surface area contributed by atoms with E-state index in [0.717, 1.165) is 56.7 Å². The van der Waals surface area contributed by atoms with Gasteiger partial charge in [-0.2, -0.15) is 4.98 Å². The van der Waals surface area contributed by atoms with E-state index in [1.807, 2.05) is 19.2 Å². The lowest BCUT2D eigenvalue weighted by Crippen LogP contribution is -2.42. The van der Waals surface area contributed by atoms with E-state index in [1.54, 1.807) is 4.90 Å². The van der Waals surface area contributed by atoms with E-state index in [-0.39, 0.29) is 6.09 Å². The average molecular weight is 347 g/mol. The Bertz CT molecular complexity index is 566. The Morgan fingerprint density at radius 2 is 1.96 bits per heavy atom. The van der Waals surface area contributed by atoms with Gasteiger partial charge < -0.3 is 19.9 Å². The molecule has 1 aromatic rings. The van der Waals surface area contributed by atoms with Crippen molar-refractivity contribution in [1.82, 2.24) is 14.9 Å². The molecule has 2 saturated heterocycles. The summed E-state index contributed by atoms with van der Waals surface area (Å²) in [5, 5.41) is 3.50. The Morgan fingerprint density at radius 1 is 1.24 bits per heavy atom. The van der Waals surface area contributed by atoms with Crippen LogP contribution in [0.25, 0.3) is 0 Å². The first-order chi connectivity index (χ1) is 12.2. The third kappa shape index (κ3) is 4.74. The number of ether oxygens (including phenoxy) is 1.